The van der Waals surface area contributed by atoms with Gasteiger partial charge >= 0.3 is 0 Å². The number of anilines is 1. The molecule has 1 heterocycles. The first kappa shape index (κ1) is 13.2. The third-order valence-electron chi connectivity index (χ3n) is 2.88. The van der Waals surface area contributed by atoms with Crippen molar-refractivity contribution in [3.63, 3.8) is 0 Å². The molecule has 0 radical (unpaired) electrons. The Bertz CT molecular complexity index is 505. The maximum atomic E-state index is 12.0. The lowest BCUT2D eigenvalue weighted by molar-refractivity contribution is -0.117. The second kappa shape index (κ2) is 4.44. The number of amides is 1. The topological polar surface area (TPSA) is 85.1 Å². The number of fused-ring (bicyclic) bond motifs is 1. The number of rotatable bonds is 2. The average Bonchev–Trinajstić information content (AvgIpc) is 2.58. The lowest BCUT2D eigenvalue weighted by Gasteiger charge is -2.26. The molecule has 0 aromatic carbocycles. The van der Waals surface area contributed by atoms with E-state index in [9.17, 15) is 9.59 Å². The van der Waals surface area contributed by atoms with Crippen molar-refractivity contribution in [2.75, 3.05) is 5.32 Å². The molecular weight excluding hydrogens is 250 g/mol. The summed E-state index contributed by atoms with van der Waals surface area (Å²) in [7, 11) is 0. The van der Waals surface area contributed by atoms with E-state index in [4.69, 9.17) is 5.73 Å². The molecule has 3 N–H and O–H groups in total. The van der Waals surface area contributed by atoms with Gasteiger partial charge in [0.05, 0.1) is 16.6 Å². The molecule has 1 atom stereocenters. The largest absolute Gasteiger partial charge is 0.320 e. The molecule has 18 heavy (non-hydrogen) atoms. The van der Waals surface area contributed by atoms with Crippen LogP contribution in [0.3, 0.4) is 0 Å². The Morgan fingerprint density at radius 3 is 2.78 bits per heavy atom. The predicted octanol–water partition coefficient (Wildman–Crippen LogP) is 1.58. The van der Waals surface area contributed by atoms with Crippen LogP contribution in [0.25, 0.3) is 0 Å². The molecule has 1 aromatic heterocycles. The molecule has 0 bridgehead atoms. The van der Waals surface area contributed by atoms with Gasteiger partial charge in [0.25, 0.3) is 0 Å². The first-order valence-electron chi connectivity index (χ1n) is 5.88. The normalized spacial score (nSPS) is 19.2. The highest BCUT2D eigenvalue weighted by Crippen LogP contribution is 2.38. The summed E-state index contributed by atoms with van der Waals surface area (Å²) in [6.45, 7) is 5.71. The zero-order valence-corrected chi connectivity index (χ0v) is 11.6. The molecule has 98 valence electrons. The molecule has 1 amide bonds. The number of Topliss-reactive ketones (excluding diaryl/α,β-unsaturated/α-hetero) is 1. The van der Waals surface area contributed by atoms with Gasteiger partial charge in [0, 0.05) is 6.42 Å². The molecule has 0 fully saturated rings. The van der Waals surface area contributed by atoms with Gasteiger partial charge in [0.2, 0.25) is 5.91 Å². The summed E-state index contributed by atoms with van der Waals surface area (Å²) in [5, 5.41) is 3.10. The van der Waals surface area contributed by atoms with Gasteiger partial charge in [-0.25, -0.2) is 4.98 Å². The molecule has 0 spiro atoms. The fourth-order valence-electron chi connectivity index (χ4n) is 1.99. The maximum absolute atomic E-state index is 12.0. The summed E-state index contributed by atoms with van der Waals surface area (Å²) in [6, 6.07) is -0.585. The molecule has 1 aliphatic carbocycles. The zero-order chi connectivity index (χ0) is 13.5. The van der Waals surface area contributed by atoms with Gasteiger partial charge in [0.15, 0.2) is 10.9 Å². The summed E-state index contributed by atoms with van der Waals surface area (Å²) < 4.78 is 0. The van der Waals surface area contributed by atoms with E-state index in [-0.39, 0.29) is 17.1 Å². The van der Waals surface area contributed by atoms with Gasteiger partial charge < -0.3 is 11.1 Å². The molecular formula is C12H17N3O2S. The van der Waals surface area contributed by atoms with Gasteiger partial charge in [-0.1, -0.05) is 25.2 Å². The number of thiazole rings is 1. The van der Waals surface area contributed by atoms with Crippen molar-refractivity contribution >= 4 is 28.2 Å². The van der Waals surface area contributed by atoms with Crippen molar-refractivity contribution < 1.29 is 9.59 Å². The third kappa shape index (κ3) is 2.59. The van der Waals surface area contributed by atoms with Gasteiger partial charge in [-0.15, -0.1) is 0 Å². The molecule has 6 heteroatoms. The Hall–Kier alpha value is -1.27. The molecule has 0 saturated heterocycles. The number of hydrogen-bond donors (Lipinski definition) is 2. The van der Waals surface area contributed by atoms with Crippen molar-refractivity contribution in [3.05, 3.63) is 10.6 Å². The van der Waals surface area contributed by atoms with Crippen molar-refractivity contribution in [1.29, 1.82) is 0 Å². The van der Waals surface area contributed by atoms with Crippen LogP contribution in [0.4, 0.5) is 5.13 Å². The van der Waals surface area contributed by atoms with Gasteiger partial charge in [-0.05, 0) is 18.8 Å². The fraction of sp³-hybridized carbons (Fsp3) is 0.583. The Morgan fingerprint density at radius 1 is 1.50 bits per heavy atom. The summed E-state index contributed by atoms with van der Waals surface area (Å²) in [4.78, 5) is 28.5. The monoisotopic (exact) mass is 267 g/mol. The van der Waals surface area contributed by atoms with E-state index >= 15 is 0 Å². The smallest absolute Gasteiger partial charge is 0.242 e. The van der Waals surface area contributed by atoms with Crippen molar-refractivity contribution in [2.24, 2.45) is 11.1 Å². The lowest BCUT2D eigenvalue weighted by atomic mass is 9.78. The summed E-state index contributed by atoms with van der Waals surface area (Å²) in [6.07, 6.45) is 1.29. The third-order valence-corrected chi connectivity index (χ3v) is 3.93. The minimum Gasteiger partial charge on any atom is -0.320 e. The van der Waals surface area contributed by atoms with E-state index in [0.29, 0.717) is 16.4 Å². The van der Waals surface area contributed by atoms with E-state index < -0.39 is 6.04 Å². The Kier molecular flexibility index (Phi) is 3.25. The summed E-state index contributed by atoms with van der Waals surface area (Å²) in [5.74, 6) is -0.173. The van der Waals surface area contributed by atoms with Crippen LogP contribution in [0.5, 0.6) is 0 Å². The number of nitrogens with two attached hydrogens (primary N) is 1. The standard InChI is InChI=1S/C12H17N3O2S/c1-6(13)10(17)15-11-14-7-4-12(2,3)5-8(16)9(7)18-11/h6H,4-5,13H2,1-3H3,(H,14,15,17)/t6-/m1/s1. The van der Waals surface area contributed by atoms with Gasteiger partial charge in [0.1, 0.15) is 0 Å². The van der Waals surface area contributed by atoms with E-state index in [1.54, 1.807) is 6.92 Å². The second-order valence-corrected chi connectivity index (χ2v) is 6.51. The number of nitrogens with zero attached hydrogens (tertiary/aromatic N) is 1. The Balaban J connectivity index is 2.24. The number of carbonyl (C=O) groups is 2. The van der Waals surface area contributed by atoms with Crippen LogP contribution in [0, 0.1) is 5.41 Å². The minimum absolute atomic E-state index is 0.0550. The first-order valence-corrected chi connectivity index (χ1v) is 6.69. The van der Waals surface area contributed by atoms with Crippen LogP contribution >= 0.6 is 11.3 Å². The Labute approximate surface area is 110 Å². The van der Waals surface area contributed by atoms with Gasteiger partial charge in [-0.3, -0.25) is 9.59 Å². The van der Waals surface area contributed by atoms with Crippen molar-refractivity contribution in [1.82, 2.24) is 4.98 Å². The fourth-order valence-corrected chi connectivity index (χ4v) is 2.92. The number of hydrogen-bond acceptors (Lipinski definition) is 5. The molecule has 5 nitrogen and oxygen atoms in total. The molecule has 0 unspecified atom stereocenters. The Morgan fingerprint density at radius 2 is 2.17 bits per heavy atom. The quantitative estimate of drug-likeness (QED) is 0.852. The van der Waals surface area contributed by atoms with Crippen LogP contribution in [0.1, 0.15) is 42.6 Å². The van der Waals surface area contributed by atoms with Crippen LogP contribution in [0.15, 0.2) is 0 Å². The average molecular weight is 267 g/mol. The zero-order valence-electron chi connectivity index (χ0n) is 10.7. The highest BCUT2D eigenvalue weighted by molar-refractivity contribution is 7.17. The number of ketones is 1. The maximum Gasteiger partial charge on any atom is 0.242 e. The summed E-state index contributed by atoms with van der Waals surface area (Å²) >= 11 is 1.24. The van der Waals surface area contributed by atoms with Gasteiger partial charge in [-0.2, -0.15) is 0 Å². The van der Waals surface area contributed by atoms with Crippen molar-refractivity contribution in [3.8, 4) is 0 Å². The predicted molar refractivity (Wildman–Crippen MR) is 70.8 cm³/mol. The molecule has 0 saturated carbocycles. The molecule has 0 aliphatic heterocycles. The van der Waals surface area contributed by atoms with E-state index in [0.717, 1.165) is 12.1 Å². The first-order chi connectivity index (χ1) is 8.28. The number of carbonyl (C=O) groups excluding carboxylic acids is 2. The summed E-state index contributed by atoms with van der Waals surface area (Å²) in [5.41, 5.74) is 6.21. The SMILES string of the molecule is C[C@@H](N)C(=O)Nc1nc2c(s1)C(=O)CC(C)(C)C2. The number of nitrogens with one attached hydrogen (secondary N) is 1. The van der Waals surface area contributed by atoms with E-state index in [1.807, 2.05) is 13.8 Å². The second-order valence-electron chi connectivity index (χ2n) is 5.51. The lowest BCUT2D eigenvalue weighted by Crippen LogP contribution is -2.32. The van der Waals surface area contributed by atoms with Crippen LogP contribution in [0.2, 0.25) is 0 Å². The molecule has 2 rings (SSSR count). The highest BCUT2D eigenvalue weighted by atomic mass is 32.1. The highest BCUT2D eigenvalue weighted by Gasteiger charge is 2.34. The molecule has 1 aliphatic rings. The van der Waals surface area contributed by atoms with E-state index in [1.165, 1.54) is 11.3 Å². The molecule has 1 aromatic rings. The van der Waals surface area contributed by atoms with Crippen LogP contribution < -0.4 is 11.1 Å². The number of aromatic nitrogens is 1. The van der Waals surface area contributed by atoms with Crippen molar-refractivity contribution in [2.45, 2.75) is 39.7 Å². The van der Waals surface area contributed by atoms with Crippen LogP contribution in [-0.2, 0) is 11.2 Å². The van der Waals surface area contributed by atoms with Crippen LogP contribution in [-0.4, -0.2) is 22.7 Å². The minimum atomic E-state index is -0.585. The van der Waals surface area contributed by atoms with E-state index in [2.05, 4.69) is 10.3 Å².